The van der Waals surface area contributed by atoms with Gasteiger partial charge in [0.15, 0.2) is 5.96 Å². The van der Waals surface area contributed by atoms with E-state index in [1.54, 1.807) is 23.3 Å². The number of aliphatic imine (C=N–C) groups is 1. The van der Waals surface area contributed by atoms with E-state index in [-0.39, 0.29) is 30.1 Å². The lowest BCUT2D eigenvalue weighted by atomic mass is 10.2. The number of aromatic nitrogens is 1. The highest BCUT2D eigenvalue weighted by Crippen LogP contribution is 2.19. The summed E-state index contributed by atoms with van der Waals surface area (Å²) in [6.45, 7) is 9.97. The minimum absolute atomic E-state index is 0. The Balaban J connectivity index is 0.00000312. The Morgan fingerprint density at radius 1 is 1.36 bits per heavy atom. The summed E-state index contributed by atoms with van der Waals surface area (Å²) in [5.74, 6) is 1.30. The van der Waals surface area contributed by atoms with Crippen molar-refractivity contribution < 1.29 is 9.53 Å². The lowest BCUT2D eigenvalue weighted by molar-refractivity contribution is 0.0914. The number of hydrogen-bond acceptors (Lipinski definition) is 5. The first kappa shape index (κ1) is 21.9. The summed E-state index contributed by atoms with van der Waals surface area (Å²) in [6, 6.07) is 0. The molecular weight excluding hydrogens is 453 g/mol. The normalized spacial score (nSPS) is 15.2. The number of halogens is 1. The van der Waals surface area contributed by atoms with E-state index in [0.717, 1.165) is 29.8 Å². The number of amides is 1. The van der Waals surface area contributed by atoms with Gasteiger partial charge in [-0.2, -0.15) is 0 Å². The first-order chi connectivity index (χ1) is 11.5. The Morgan fingerprint density at radius 3 is 2.52 bits per heavy atom. The summed E-state index contributed by atoms with van der Waals surface area (Å²) in [6.07, 6.45) is -0.233. The molecule has 1 saturated heterocycles. The van der Waals surface area contributed by atoms with Crippen LogP contribution in [0.3, 0.4) is 0 Å². The van der Waals surface area contributed by atoms with E-state index in [4.69, 9.17) is 4.74 Å². The van der Waals surface area contributed by atoms with Crippen molar-refractivity contribution in [1.29, 1.82) is 0 Å². The average molecular weight is 481 g/mol. The van der Waals surface area contributed by atoms with Gasteiger partial charge in [0.2, 0.25) is 0 Å². The van der Waals surface area contributed by atoms with Gasteiger partial charge >= 0.3 is 6.09 Å². The lowest BCUT2D eigenvalue weighted by Crippen LogP contribution is -2.53. The summed E-state index contributed by atoms with van der Waals surface area (Å²) >= 11 is 1.70. The summed E-state index contributed by atoms with van der Waals surface area (Å²) in [4.78, 5) is 24.6. The van der Waals surface area contributed by atoms with Crippen molar-refractivity contribution in [1.82, 2.24) is 20.1 Å². The predicted molar refractivity (Wildman–Crippen MR) is 112 cm³/mol. The Hall–Kier alpha value is -1.10. The molecule has 1 aromatic rings. The molecule has 0 spiro atoms. The SMILES string of the molecule is CCOC(=O)N1CCN(C(=NC)NCc2csc(C(C)C)n2)CC1.I. The maximum Gasteiger partial charge on any atom is 0.409 e. The van der Waals surface area contributed by atoms with Gasteiger partial charge in [0.25, 0.3) is 0 Å². The molecular formula is C16H28IN5O2S. The van der Waals surface area contributed by atoms with Crippen molar-refractivity contribution in [2.75, 3.05) is 39.8 Å². The third kappa shape index (κ3) is 6.28. The largest absolute Gasteiger partial charge is 0.450 e. The van der Waals surface area contributed by atoms with Crippen LogP contribution in [0.15, 0.2) is 10.4 Å². The van der Waals surface area contributed by atoms with Gasteiger partial charge in [-0.15, -0.1) is 35.3 Å². The van der Waals surface area contributed by atoms with Crippen LogP contribution in [0.5, 0.6) is 0 Å². The summed E-state index contributed by atoms with van der Waals surface area (Å²) in [5.41, 5.74) is 1.04. The molecule has 0 aliphatic carbocycles. The van der Waals surface area contributed by atoms with Gasteiger partial charge in [-0.3, -0.25) is 4.99 Å². The third-order valence-electron chi connectivity index (χ3n) is 3.81. The number of carbonyl (C=O) groups excluding carboxylic acids is 1. The molecule has 25 heavy (non-hydrogen) atoms. The van der Waals surface area contributed by atoms with Crippen LogP contribution in [0.4, 0.5) is 4.79 Å². The maximum absolute atomic E-state index is 11.7. The van der Waals surface area contributed by atoms with Crippen LogP contribution >= 0.6 is 35.3 Å². The van der Waals surface area contributed by atoms with Crippen LogP contribution in [0.25, 0.3) is 0 Å². The quantitative estimate of drug-likeness (QED) is 0.407. The van der Waals surface area contributed by atoms with Crippen molar-refractivity contribution in [2.24, 2.45) is 4.99 Å². The zero-order chi connectivity index (χ0) is 17.5. The molecule has 1 N–H and O–H groups in total. The third-order valence-corrected chi connectivity index (χ3v) is 5.00. The zero-order valence-corrected chi connectivity index (χ0v) is 18.5. The number of hydrogen-bond donors (Lipinski definition) is 1. The van der Waals surface area contributed by atoms with Gasteiger partial charge in [-0.1, -0.05) is 13.8 Å². The van der Waals surface area contributed by atoms with Crippen molar-refractivity contribution in [3.63, 3.8) is 0 Å². The van der Waals surface area contributed by atoms with Crippen molar-refractivity contribution in [3.8, 4) is 0 Å². The first-order valence-corrected chi connectivity index (χ1v) is 9.24. The number of nitrogens with zero attached hydrogens (tertiary/aromatic N) is 4. The Morgan fingerprint density at radius 2 is 2.00 bits per heavy atom. The van der Waals surface area contributed by atoms with Gasteiger partial charge in [-0.25, -0.2) is 9.78 Å². The standard InChI is InChI=1S/C16H27N5O2S.HI/c1-5-23-16(22)21-8-6-20(7-9-21)15(17-4)18-10-13-11-24-14(19-13)12(2)3;/h11-12H,5-10H2,1-4H3,(H,17,18);1H. The molecule has 0 atom stereocenters. The number of piperazine rings is 1. The fraction of sp³-hybridized carbons (Fsp3) is 0.688. The van der Waals surface area contributed by atoms with Crippen LogP contribution in [0.1, 0.15) is 37.4 Å². The van der Waals surface area contributed by atoms with Crippen molar-refractivity contribution in [3.05, 3.63) is 16.1 Å². The molecule has 1 fully saturated rings. The van der Waals surface area contributed by atoms with Gasteiger partial charge in [0, 0.05) is 44.5 Å². The number of carbonyl (C=O) groups is 1. The summed E-state index contributed by atoms with van der Waals surface area (Å²) in [7, 11) is 1.78. The van der Waals surface area contributed by atoms with Crippen LogP contribution in [0.2, 0.25) is 0 Å². The molecule has 1 aliphatic rings. The zero-order valence-electron chi connectivity index (χ0n) is 15.3. The molecule has 0 bridgehead atoms. The Kier molecular flexibility index (Phi) is 9.47. The monoisotopic (exact) mass is 481 g/mol. The van der Waals surface area contributed by atoms with Crippen molar-refractivity contribution >= 4 is 47.4 Å². The molecule has 7 nitrogen and oxygen atoms in total. The highest BCUT2D eigenvalue weighted by atomic mass is 127. The van der Waals surface area contributed by atoms with Crippen LogP contribution in [0, 0.1) is 0 Å². The molecule has 0 saturated carbocycles. The van der Waals surface area contributed by atoms with Crippen LogP contribution in [-0.2, 0) is 11.3 Å². The van der Waals surface area contributed by atoms with E-state index in [1.165, 1.54) is 0 Å². The molecule has 0 aromatic carbocycles. The smallest absolute Gasteiger partial charge is 0.409 e. The van der Waals surface area contributed by atoms with E-state index < -0.39 is 0 Å². The van der Waals surface area contributed by atoms with Crippen LogP contribution in [-0.4, -0.2) is 66.7 Å². The molecule has 9 heteroatoms. The van der Waals surface area contributed by atoms with E-state index in [0.29, 0.717) is 32.2 Å². The second-order valence-electron chi connectivity index (χ2n) is 5.91. The van der Waals surface area contributed by atoms with E-state index in [1.807, 2.05) is 6.92 Å². The fourth-order valence-corrected chi connectivity index (χ4v) is 3.32. The number of ether oxygens (including phenoxy) is 1. The lowest BCUT2D eigenvalue weighted by Gasteiger charge is -2.35. The molecule has 1 aromatic heterocycles. The molecule has 0 unspecified atom stereocenters. The molecule has 1 amide bonds. The number of rotatable bonds is 4. The Labute approximate surface area is 170 Å². The maximum atomic E-state index is 11.7. The highest BCUT2D eigenvalue weighted by Gasteiger charge is 2.23. The molecule has 2 heterocycles. The van der Waals surface area contributed by atoms with E-state index >= 15 is 0 Å². The molecule has 142 valence electrons. The van der Waals surface area contributed by atoms with Crippen molar-refractivity contribution in [2.45, 2.75) is 33.2 Å². The number of thiazole rings is 1. The van der Waals surface area contributed by atoms with Gasteiger partial charge in [-0.05, 0) is 6.92 Å². The molecule has 0 radical (unpaired) electrons. The second-order valence-corrected chi connectivity index (χ2v) is 6.80. The summed E-state index contributed by atoms with van der Waals surface area (Å²) in [5, 5.41) is 6.61. The number of nitrogens with one attached hydrogen (secondary N) is 1. The van der Waals surface area contributed by atoms with Gasteiger partial charge in [0.1, 0.15) is 0 Å². The minimum atomic E-state index is -0.233. The fourth-order valence-electron chi connectivity index (χ4n) is 2.49. The Bertz CT molecular complexity index is 571. The van der Waals surface area contributed by atoms with Crippen LogP contribution < -0.4 is 5.32 Å². The highest BCUT2D eigenvalue weighted by molar-refractivity contribution is 14.0. The molecule has 1 aliphatic heterocycles. The van der Waals surface area contributed by atoms with Gasteiger partial charge < -0.3 is 19.9 Å². The van der Waals surface area contributed by atoms with Gasteiger partial charge in [0.05, 0.1) is 23.9 Å². The second kappa shape index (κ2) is 10.8. The first-order valence-electron chi connectivity index (χ1n) is 8.36. The van der Waals surface area contributed by atoms with E-state index in [2.05, 4.69) is 39.4 Å². The minimum Gasteiger partial charge on any atom is -0.450 e. The topological polar surface area (TPSA) is 70.1 Å². The van der Waals surface area contributed by atoms with E-state index in [9.17, 15) is 4.79 Å². The summed E-state index contributed by atoms with van der Waals surface area (Å²) < 4.78 is 5.05. The average Bonchev–Trinajstić information content (AvgIpc) is 3.05. The molecule has 2 rings (SSSR count). The predicted octanol–water partition coefficient (Wildman–Crippen LogP) is 2.73. The number of guanidine groups is 1.